The van der Waals surface area contributed by atoms with Crippen molar-refractivity contribution in [2.75, 3.05) is 13.2 Å². The van der Waals surface area contributed by atoms with Gasteiger partial charge in [0.2, 0.25) is 0 Å². The summed E-state index contributed by atoms with van der Waals surface area (Å²) in [6.07, 6.45) is 2.70. The zero-order valence-corrected chi connectivity index (χ0v) is 21.2. The lowest BCUT2D eigenvalue weighted by atomic mass is 9.57. The Hall–Kier alpha value is -1.93. The van der Waals surface area contributed by atoms with Gasteiger partial charge < -0.3 is 19.7 Å². The van der Waals surface area contributed by atoms with Crippen molar-refractivity contribution >= 4 is 0 Å². The number of ether oxygens (including phenoxy) is 2. The van der Waals surface area contributed by atoms with E-state index < -0.39 is 29.8 Å². The lowest BCUT2D eigenvalue weighted by molar-refractivity contribution is -0.124. The maximum atomic E-state index is 13.9. The number of rotatable bonds is 3. The molecule has 2 aliphatic carbocycles. The topological polar surface area (TPSA) is 71.8 Å². The highest BCUT2D eigenvalue weighted by atomic mass is 19.3. The van der Waals surface area contributed by atoms with E-state index in [1.165, 1.54) is 12.1 Å². The highest BCUT2D eigenvalue weighted by molar-refractivity contribution is 5.55. The molecule has 0 bridgehead atoms. The number of hydrogen-bond acceptors (Lipinski definition) is 5. The third kappa shape index (κ3) is 3.50. The summed E-state index contributed by atoms with van der Waals surface area (Å²) >= 11 is 0. The van der Waals surface area contributed by atoms with Crippen LogP contribution >= 0.6 is 0 Å². The predicted octanol–water partition coefficient (Wildman–Crippen LogP) is 6.08. The molecule has 1 aromatic carbocycles. The monoisotopic (exact) mass is 499 g/mol. The molecular weight excluding hydrogens is 464 g/mol. The minimum Gasteiger partial charge on any atom is -0.388 e. The van der Waals surface area contributed by atoms with Gasteiger partial charge in [0.25, 0.3) is 5.92 Å². The van der Waals surface area contributed by atoms with Crippen LogP contribution in [0, 0.1) is 5.41 Å². The van der Waals surface area contributed by atoms with Crippen molar-refractivity contribution in [3.63, 3.8) is 0 Å². The first-order chi connectivity index (χ1) is 17.1. The van der Waals surface area contributed by atoms with E-state index >= 15 is 0 Å². The molecule has 1 saturated carbocycles. The standard InChI is InChI=1S/C29H35F2NO4/c1-16(2)23-21-22(20-19(33)15-28(9-4-10-28)26(34)24(20)32-23)29(11-13-35-14-12-29)36-25(21)17-5-7-18(8-6-17)27(3,30)31/h5-8,16,19,25-26,33-34H,4,9-15H2,1-3H3. The lowest BCUT2D eigenvalue weighted by Crippen LogP contribution is -2.43. The van der Waals surface area contributed by atoms with Crippen LogP contribution in [0.1, 0.15) is 123 Å². The summed E-state index contributed by atoms with van der Waals surface area (Å²) in [7, 11) is 0. The largest absolute Gasteiger partial charge is 0.388 e. The van der Waals surface area contributed by atoms with E-state index in [2.05, 4.69) is 13.8 Å². The van der Waals surface area contributed by atoms with Crippen molar-refractivity contribution in [1.82, 2.24) is 4.98 Å². The summed E-state index contributed by atoms with van der Waals surface area (Å²) in [6.45, 7) is 6.11. The van der Waals surface area contributed by atoms with E-state index in [1.54, 1.807) is 12.1 Å². The third-order valence-corrected chi connectivity index (χ3v) is 9.08. The highest BCUT2D eigenvalue weighted by Gasteiger charge is 2.56. The quantitative estimate of drug-likeness (QED) is 0.535. The second-order valence-corrected chi connectivity index (χ2v) is 11.7. The van der Waals surface area contributed by atoms with Crippen LogP contribution in [0.5, 0.6) is 0 Å². The van der Waals surface area contributed by atoms with E-state index in [9.17, 15) is 19.0 Å². The minimum atomic E-state index is -2.92. The summed E-state index contributed by atoms with van der Waals surface area (Å²) in [5.74, 6) is -2.87. The van der Waals surface area contributed by atoms with E-state index in [1.807, 2.05) is 0 Å². The fourth-order valence-corrected chi connectivity index (χ4v) is 6.99. The molecule has 1 aromatic heterocycles. The summed E-state index contributed by atoms with van der Waals surface area (Å²) in [5, 5.41) is 23.1. The Kier molecular flexibility index (Phi) is 5.62. The van der Waals surface area contributed by atoms with Crippen molar-refractivity contribution in [3.05, 3.63) is 63.5 Å². The first-order valence-electron chi connectivity index (χ1n) is 13.2. The second kappa shape index (κ2) is 8.29. The van der Waals surface area contributed by atoms with Gasteiger partial charge in [-0.3, -0.25) is 4.98 Å². The highest BCUT2D eigenvalue weighted by Crippen LogP contribution is 2.63. The first-order valence-corrected chi connectivity index (χ1v) is 13.2. The van der Waals surface area contributed by atoms with Gasteiger partial charge in [-0.15, -0.1) is 0 Å². The number of fused-ring (bicyclic) bond motifs is 4. The maximum Gasteiger partial charge on any atom is 0.270 e. The summed E-state index contributed by atoms with van der Waals surface area (Å²) < 4.78 is 40.4. The number of alkyl halides is 2. The lowest BCUT2D eigenvalue weighted by Gasteiger charge is -2.51. The van der Waals surface area contributed by atoms with Crippen LogP contribution < -0.4 is 0 Å². The van der Waals surface area contributed by atoms with Crippen molar-refractivity contribution < 1.29 is 28.5 Å². The Labute approximate surface area is 210 Å². The van der Waals surface area contributed by atoms with E-state index in [-0.39, 0.29) is 16.9 Å². The molecule has 2 spiro atoms. The van der Waals surface area contributed by atoms with Gasteiger partial charge in [-0.2, -0.15) is 0 Å². The van der Waals surface area contributed by atoms with Crippen molar-refractivity contribution in [1.29, 1.82) is 0 Å². The molecule has 6 rings (SSSR count). The average Bonchev–Trinajstić information content (AvgIpc) is 3.13. The van der Waals surface area contributed by atoms with Crippen molar-refractivity contribution in [3.8, 4) is 0 Å². The Balaban J connectivity index is 1.57. The summed E-state index contributed by atoms with van der Waals surface area (Å²) in [4.78, 5) is 5.06. The average molecular weight is 500 g/mol. The fourth-order valence-electron chi connectivity index (χ4n) is 6.99. The molecule has 2 N–H and O–H groups in total. The normalized spacial score (nSPS) is 28.3. The number of aromatic nitrogens is 1. The van der Waals surface area contributed by atoms with Gasteiger partial charge in [0.1, 0.15) is 12.2 Å². The van der Waals surface area contributed by atoms with Crippen LogP contribution in [0.3, 0.4) is 0 Å². The van der Waals surface area contributed by atoms with Crippen molar-refractivity contribution in [2.45, 2.75) is 95.0 Å². The van der Waals surface area contributed by atoms with Gasteiger partial charge in [0.05, 0.1) is 17.4 Å². The smallest absolute Gasteiger partial charge is 0.270 e. The second-order valence-electron chi connectivity index (χ2n) is 11.7. The Morgan fingerprint density at radius 3 is 2.25 bits per heavy atom. The molecule has 3 heterocycles. The van der Waals surface area contributed by atoms with E-state index in [0.29, 0.717) is 38.2 Å². The Morgan fingerprint density at radius 1 is 1.03 bits per heavy atom. The molecule has 0 amide bonds. The van der Waals surface area contributed by atoms with Crippen LogP contribution in [0.15, 0.2) is 24.3 Å². The van der Waals surface area contributed by atoms with Crippen LogP contribution in [0.2, 0.25) is 0 Å². The van der Waals surface area contributed by atoms with E-state index in [4.69, 9.17) is 14.5 Å². The van der Waals surface area contributed by atoms with Gasteiger partial charge in [0, 0.05) is 60.8 Å². The number of aliphatic hydroxyl groups is 2. The van der Waals surface area contributed by atoms with Gasteiger partial charge in [-0.1, -0.05) is 44.5 Å². The zero-order valence-electron chi connectivity index (χ0n) is 21.2. The Bertz CT molecular complexity index is 1160. The number of nitrogens with zero attached hydrogens (tertiary/aromatic N) is 1. The molecule has 2 aromatic rings. The molecule has 2 fully saturated rings. The molecule has 194 valence electrons. The number of hydrogen-bond donors (Lipinski definition) is 2. The zero-order chi connectivity index (χ0) is 25.5. The molecule has 3 unspecified atom stereocenters. The molecule has 3 atom stereocenters. The number of aliphatic hydroxyl groups excluding tert-OH is 2. The van der Waals surface area contributed by atoms with Crippen molar-refractivity contribution in [2.24, 2.45) is 5.41 Å². The number of pyridine rings is 1. The summed E-state index contributed by atoms with van der Waals surface area (Å²) in [6, 6.07) is 6.37. The molecule has 36 heavy (non-hydrogen) atoms. The molecule has 4 aliphatic rings. The molecule has 0 radical (unpaired) electrons. The van der Waals surface area contributed by atoms with Gasteiger partial charge >= 0.3 is 0 Å². The van der Waals surface area contributed by atoms with Crippen LogP contribution in [-0.2, 0) is 21.0 Å². The number of halogens is 2. The fraction of sp³-hybridized carbons (Fsp3) is 0.621. The summed E-state index contributed by atoms with van der Waals surface area (Å²) in [5.41, 5.74) is 3.84. The Morgan fingerprint density at radius 2 is 1.69 bits per heavy atom. The van der Waals surface area contributed by atoms with Crippen LogP contribution in [-0.4, -0.2) is 28.4 Å². The third-order valence-electron chi connectivity index (χ3n) is 9.08. The van der Waals surface area contributed by atoms with Gasteiger partial charge in [-0.05, 0) is 36.3 Å². The first kappa shape index (κ1) is 24.4. The number of benzene rings is 1. The van der Waals surface area contributed by atoms with Gasteiger partial charge in [0.15, 0.2) is 0 Å². The molecule has 7 heteroatoms. The maximum absolute atomic E-state index is 13.9. The van der Waals surface area contributed by atoms with Gasteiger partial charge in [-0.25, -0.2) is 8.78 Å². The van der Waals surface area contributed by atoms with E-state index in [0.717, 1.165) is 54.1 Å². The molecular formula is C29H35F2NO4. The van der Waals surface area contributed by atoms with Crippen LogP contribution in [0.25, 0.3) is 0 Å². The van der Waals surface area contributed by atoms with Crippen LogP contribution in [0.4, 0.5) is 8.78 Å². The minimum absolute atomic E-state index is 0.0396. The SMILES string of the molecule is CC(C)c1nc2c(c3c1C(c1ccc(C(C)(F)F)cc1)OC31CCOCC1)C(O)CC1(CCC1)C2O. The molecule has 1 saturated heterocycles. The molecule has 2 aliphatic heterocycles. The molecule has 5 nitrogen and oxygen atoms in total. The predicted molar refractivity (Wildman–Crippen MR) is 130 cm³/mol.